The average Bonchev–Trinajstić information content (AvgIpc) is 2.61. The van der Waals surface area contributed by atoms with Gasteiger partial charge in [-0.05, 0) is 48.5 Å². The van der Waals surface area contributed by atoms with E-state index in [2.05, 4.69) is 0 Å². The minimum atomic E-state index is -3.99. The molecule has 1 rings (SSSR count). The number of esters is 1. The quantitative estimate of drug-likeness (QED) is 0.754. The zero-order chi connectivity index (χ0) is 19.1. The first-order valence-electron chi connectivity index (χ1n) is 7.61. The monoisotopic (exact) mass is 365 g/mol. The van der Waals surface area contributed by atoms with Crippen molar-refractivity contribution in [3.8, 4) is 0 Å². The first kappa shape index (κ1) is 20.7. The van der Waals surface area contributed by atoms with Gasteiger partial charge in [0.2, 0.25) is 0 Å². The van der Waals surface area contributed by atoms with Gasteiger partial charge in [-0.3, -0.25) is 9.69 Å². The topological polar surface area (TPSA) is 110 Å². The highest BCUT2D eigenvalue weighted by Crippen LogP contribution is 2.37. The van der Waals surface area contributed by atoms with Crippen molar-refractivity contribution in [2.24, 2.45) is 0 Å². The molecule has 1 fully saturated rings. The summed E-state index contributed by atoms with van der Waals surface area (Å²) in [7, 11) is -3.99. The second-order valence-corrected chi connectivity index (χ2v) is 10.4. The molecule has 1 atom stereocenters. The molecule has 9 heteroatoms. The predicted octanol–water partition coefficient (Wildman–Crippen LogP) is 1.64. The Morgan fingerprint density at radius 1 is 1.25 bits per heavy atom. The molecule has 0 saturated carbocycles. The number of carboxylic acid groups (broad SMARTS) is 1. The number of sulfone groups is 1. The van der Waals surface area contributed by atoms with E-state index < -0.39 is 49.8 Å². The van der Waals surface area contributed by atoms with Crippen LogP contribution in [-0.2, 0) is 24.1 Å². The average molecular weight is 365 g/mol. The molecule has 1 aliphatic heterocycles. The first-order chi connectivity index (χ1) is 10.5. The summed E-state index contributed by atoms with van der Waals surface area (Å²) in [5, 5.41) is 9.44. The Bertz CT molecular complexity index is 616. The van der Waals surface area contributed by atoms with Gasteiger partial charge in [-0.15, -0.1) is 0 Å². The van der Waals surface area contributed by atoms with Gasteiger partial charge in [0.25, 0.3) is 0 Å². The van der Waals surface area contributed by atoms with Crippen LogP contribution >= 0.6 is 0 Å². The minimum absolute atomic E-state index is 0.0696. The van der Waals surface area contributed by atoms with Gasteiger partial charge in [-0.2, -0.15) is 0 Å². The molecular formula is C15H27NO7S. The summed E-state index contributed by atoms with van der Waals surface area (Å²) in [6.45, 7) is 10.8. The zero-order valence-corrected chi connectivity index (χ0v) is 16.1. The van der Waals surface area contributed by atoms with Gasteiger partial charge >= 0.3 is 12.1 Å². The van der Waals surface area contributed by atoms with Crippen LogP contribution in [0.4, 0.5) is 4.79 Å². The molecule has 0 aromatic rings. The van der Waals surface area contributed by atoms with Crippen molar-refractivity contribution in [1.82, 2.24) is 4.90 Å². The molecule has 1 heterocycles. The number of hydrogen-bond donors (Lipinski definition) is 1. The van der Waals surface area contributed by atoms with Gasteiger partial charge in [-0.25, -0.2) is 13.2 Å². The van der Waals surface area contributed by atoms with E-state index in [0.717, 1.165) is 4.90 Å². The molecule has 0 aromatic carbocycles. The standard InChI is InChI=1S/C15H27NO7S/c1-13(2,3)23-11(17)9-24(20,21)14(4,5)10-8-22-15(6,7)16(10)12(18)19/h10H,8-9H2,1-7H3,(H,18,19). The highest BCUT2D eigenvalue weighted by molar-refractivity contribution is 7.93. The van der Waals surface area contributed by atoms with Crippen LogP contribution in [0.15, 0.2) is 0 Å². The van der Waals surface area contributed by atoms with Crippen LogP contribution in [0.5, 0.6) is 0 Å². The van der Waals surface area contributed by atoms with Crippen LogP contribution in [0.2, 0.25) is 0 Å². The summed E-state index contributed by atoms with van der Waals surface area (Å²) in [4.78, 5) is 24.5. The molecule has 1 aliphatic rings. The molecule has 1 amide bonds. The lowest BCUT2D eigenvalue weighted by atomic mass is 10.0. The predicted molar refractivity (Wildman–Crippen MR) is 87.4 cm³/mol. The van der Waals surface area contributed by atoms with Gasteiger partial charge in [0.15, 0.2) is 9.84 Å². The molecule has 0 spiro atoms. The van der Waals surface area contributed by atoms with Crippen LogP contribution in [0.3, 0.4) is 0 Å². The van der Waals surface area contributed by atoms with Crippen LogP contribution in [0.1, 0.15) is 48.5 Å². The minimum Gasteiger partial charge on any atom is -0.465 e. The van der Waals surface area contributed by atoms with Crippen molar-refractivity contribution in [2.75, 3.05) is 12.4 Å². The SMILES string of the molecule is CC(C)(C)OC(=O)CS(=O)(=O)C(C)(C)C1COC(C)(C)N1C(=O)O. The van der Waals surface area contributed by atoms with E-state index in [1.54, 1.807) is 34.6 Å². The number of ether oxygens (including phenoxy) is 2. The third-order valence-corrected chi connectivity index (χ3v) is 6.52. The molecule has 0 bridgehead atoms. The van der Waals surface area contributed by atoms with Crippen LogP contribution in [-0.4, -0.2) is 65.0 Å². The second kappa shape index (κ2) is 6.18. The van der Waals surface area contributed by atoms with Crippen molar-refractivity contribution in [2.45, 2.75) is 70.6 Å². The van der Waals surface area contributed by atoms with Crippen molar-refractivity contribution in [3.63, 3.8) is 0 Å². The molecule has 0 radical (unpaired) electrons. The molecule has 1 saturated heterocycles. The van der Waals surface area contributed by atoms with Crippen molar-refractivity contribution in [3.05, 3.63) is 0 Å². The fourth-order valence-electron chi connectivity index (χ4n) is 2.60. The van der Waals surface area contributed by atoms with E-state index >= 15 is 0 Å². The third-order valence-electron chi connectivity index (χ3n) is 4.02. The fourth-order valence-corrected chi connectivity index (χ4v) is 3.93. The molecule has 24 heavy (non-hydrogen) atoms. The van der Waals surface area contributed by atoms with Crippen molar-refractivity contribution in [1.29, 1.82) is 0 Å². The van der Waals surface area contributed by atoms with Crippen LogP contribution in [0.25, 0.3) is 0 Å². The molecular weight excluding hydrogens is 338 g/mol. The summed E-state index contributed by atoms with van der Waals surface area (Å²) < 4.78 is 34.5. The fraction of sp³-hybridized carbons (Fsp3) is 0.867. The van der Waals surface area contributed by atoms with Crippen molar-refractivity contribution < 1.29 is 32.6 Å². The Hall–Kier alpha value is -1.35. The lowest BCUT2D eigenvalue weighted by Crippen LogP contribution is -2.58. The summed E-state index contributed by atoms with van der Waals surface area (Å²) >= 11 is 0. The Morgan fingerprint density at radius 2 is 1.75 bits per heavy atom. The normalized spacial score (nSPS) is 21.6. The van der Waals surface area contributed by atoms with E-state index in [1.165, 1.54) is 13.8 Å². The summed E-state index contributed by atoms with van der Waals surface area (Å²) in [5.41, 5.74) is -1.95. The first-order valence-corrected chi connectivity index (χ1v) is 9.27. The maximum atomic E-state index is 12.7. The highest BCUT2D eigenvalue weighted by atomic mass is 32.2. The number of rotatable bonds is 4. The maximum Gasteiger partial charge on any atom is 0.409 e. The van der Waals surface area contributed by atoms with E-state index in [-0.39, 0.29) is 6.61 Å². The van der Waals surface area contributed by atoms with Gasteiger partial charge in [0, 0.05) is 0 Å². The molecule has 1 unspecified atom stereocenters. The van der Waals surface area contributed by atoms with Crippen LogP contribution < -0.4 is 0 Å². The van der Waals surface area contributed by atoms with E-state index in [0.29, 0.717) is 0 Å². The summed E-state index contributed by atoms with van der Waals surface area (Å²) in [6.07, 6.45) is -1.27. The molecule has 1 N–H and O–H groups in total. The summed E-state index contributed by atoms with van der Waals surface area (Å²) in [5.74, 6) is -1.68. The van der Waals surface area contributed by atoms with Gasteiger partial charge in [0.05, 0.1) is 17.4 Å². The largest absolute Gasteiger partial charge is 0.465 e. The Labute approximate surface area is 143 Å². The van der Waals surface area contributed by atoms with Gasteiger partial charge in [-0.1, -0.05) is 0 Å². The third kappa shape index (κ3) is 4.18. The highest BCUT2D eigenvalue weighted by Gasteiger charge is 2.55. The Kier molecular flexibility index (Phi) is 5.33. The smallest absolute Gasteiger partial charge is 0.409 e. The van der Waals surface area contributed by atoms with E-state index in [1.807, 2.05) is 0 Å². The number of amides is 1. The number of hydrogen-bond acceptors (Lipinski definition) is 6. The van der Waals surface area contributed by atoms with Crippen molar-refractivity contribution >= 4 is 21.9 Å². The number of carbonyl (C=O) groups excluding carboxylic acids is 1. The molecule has 140 valence electrons. The lowest BCUT2D eigenvalue weighted by Gasteiger charge is -2.38. The second-order valence-electron chi connectivity index (χ2n) is 7.88. The van der Waals surface area contributed by atoms with Gasteiger partial charge < -0.3 is 14.6 Å². The molecule has 8 nitrogen and oxygen atoms in total. The van der Waals surface area contributed by atoms with Crippen LogP contribution in [0, 0.1) is 0 Å². The zero-order valence-electron chi connectivity index (χ0n) is 15.2. The molecule has 0 aliphatic carbocycles. The Morgan fingerprint density at radius 3 is 2.17 bits per heavy atom. The number of nitrogens with zero attached hydrogens (tertiary/aromatic N) is 1. The van der Waals surface area contributed by atoms with E-state index in [4.69, 9.17) is 9.47 Å². The summed E-state index contributed by atoms with van der Waals surface area (Å²) in [6, 6.07) is -0.933. The maximum absolute atomic E-state index is 12.7. The van der Waals surface area contributed by atoms with Gasteiger partial charge in [0.1, 0.15) is 17.1 Å². The lowest BCUT2D eigenvalue weighted by molar-refractivity contribution is -0.151. The molecule has 0 aromatic heterocycles. The van der Waals surface area contributed by atoms with E-state index in [9.17, 15) is 23.1 Å². The number of carbonyl (C=O) groups is 2. The Balaban J connectivity index is 3.09.